The fourth-order valence-corrected chi connectivity index (χ4v) is 1.93. The molecule has 0 radical (unpaired) electrons. The second-order valence-corrected chi connectivity index (χ2v) is 4.80. The zero-order valence-corrected chi connectivity index (χ0v) is 9.64. The lowest BCUT2D eigenvalue weighted by molar-refractivity contribution is 0.616. The largest absolute Gasteiger partial charge is 0.310 e. The Hall–Kier alpha value is -0.410. The number of halogens is 2. The summed E-state index contributed by atoms with van der Waals surface area (Å²) in [4.78, 5) is 0. The van der Waals surface area contributed by atoms with Crippen molar-refractivity contribution in [2.24, 2.45) is 5.92 Å². The van der Waals surface area contributed by atoms with Gasteiger partial charge in [0.25, 0.3) is 0 Å². The molecule has 14 heavy (non-hydrogen) atoms. The molecule has 1 aromatic carbocycles. The molecule has 1 aliphatic carbocycles. The molecule has 0 spiro atoms. The van der Waals surface area contributed by atoms with Crippen molar-refractivity contribution in [3.63, 3.8) is 0 Å². The molecule has 0 heterocycles. The van der Waals surface area contributed by atoms with Crippen LogP contribution in [0, 0.1) is 11.7 Å². The van der Waals surface area contributed by atoms with E-state index in [0.29, 0.717) is 10.5 Å². The van der Waals surface area contributed by atoms with Crippen LogP contribution in [0.5, 0.6) is 0 Å². The minimum absolute atomic E-state index is 0.200. The maximum atomic E-state index is 12.9. The Morgan fingerprint density at radius 3 is 2.86 bits per heavy atom. The fraction of sp³-hybridized carbons (Fsp3) is 0.455. The SMILES string of the molecule is C[C@@H]1C[C@H]1NCc1ccc(F)c(Br)c1. The average molecular weight is 258 g/mol. The summed E-state index contributed by atoms with van der Waals surface area (Å²) < 4.78 is 13.4. The predicted molar refractivity (Wildman–Crippen MR) is 58.5 cm³/mol. The van der Waals surface area contributed by atoms with E-state index >= 15 is 0 Å². The van der Waals surface area contributed by atoms with Gasteiger partial charge in [0.1, 0.15) is 5.82 Å². The Labute approximate surface area is 91.8 Å². The smallest absolute Gasteiger partial charge is 0.137 e. The lowest BCUT2D eigenvalue weighted by Crippen LogP contribution is -2.16. The van der Waals surface area contributed by atoms with Gasteiger partial charge in [-0.05, 0) is 46.0 Å². The van der Waals surface area contributed by atoms with Gasteiger partial charge in [0.2, 0.25) is 0 Å². The summed E-state index contributed by atoms with van der Waals surface area (Å²) in [6.45, 7) is 3.06. The van der Waals surface area contributed by atoms with Crippen molar-refractivity contribution in [3.05, 3.63) is 34.1 Å². The summed E-state index contributed by atoms with van der Waals surface area (Å²) in [5.41, 5.74) is 1.12. The summed E-state index contributed by atoms with van der Waals surface area (Å²) >= 11 is 3.18. The van der Waals surface area contributed by atoms with Gasteiger partial charge in [-0.2, -0.15) is 0 Å². The topological polar surface area (TPSA) is 12.0 Å². The molecule has 1 nitrogen and oxygen atoms in total. The third kappa shape index (κ3) is 2.34. The highest BCUT2D eigenvalue weighted by Gasteiger charge is 2.31. The maximum absolute atomic E-state index is 12.9. The molecule has 0 aliphatic heterocycles. The minimum atomic E-state index is -0.200. The number of rotatable bonds is 3. The fourth-order valence-electron chi connectivity index (χ4n) is 1.51. The van der Waals surface area contributed by atoms with E-state index in [4.69, 9.17) is 0 Å². The van der Waals surface area contributed by atoms with Crippen LogP contribution in [0.3, 0.4) is 0 Å². The van der Waals surface area contributed by atoms with Gasteiger partial charge in [0.15, 0.2) is 0 Å². The number of nitrogens with one attached hydrogen (secondary N) is 1. The highest BCUT2D eigenvalue weighted by atomic mass is 79.9. The van der Waals surface area contributed by atoms with E-state index in [9.17, 15) is 4.39 Å². The highest BCUT2D eigenvalue weighted by molar-refractivity contribution is 9.10. The highest BCUT2D eigenvalue weighted by Crippen LogP contribution is 2.29. The Morgan fingerprint density at radius 2 is 2.29 bits per heavy atom. The van der Waals surface area contributed by atoms with Gasteiger partial charge in [0, 0.05) is 12.6 Å². The van der Waals surface area contributed by atoms with E-state index in [1.165, 1.54) is 12.5 Å². The van der Waals surface area contributed by atoms with Gasteiger partial charge in [0.05, 0.1) is 4.47 Å². The molecule has 1 aliphatic rings. The molecular formula is C11H13BrFN. The second-order valence-electron chi connectivity index (χ2n) is 3.95. The van der Waals surface area contributed by atoms with Crippen LogP contribution in [0.15, 0.2) is 22.7 Å². The van der Waals surface area contributed by atoms with Crippen LogP contribution >= 0.6 is 15.9 Å². The van der Waals surface area contributed by atoms with Gasteiger partial charge in [-0.1, -0.05) is 13.0 Å². The lowest BCUT2D eigenvalue weighted by atomic mass is 10.2. The summed E-state index contributed by atoms with van der Waals surface area (Å²) in [5.74, 6) is 0.604. The molecule has 0 saturated heterocycles. The predicted octanol–water partition coefficient (Wildman–Crippen LogP) is 3.09. The normalized spacial score (nSPS) is 25.1. The Bertz CT molecular complexity index is 340. The van der Waals surface area contributed by atoms with Gasteiger partial charge in [-0.15, -0.1) is 0 Å². The lowest BCUT2D eigenvalue weighted by Gasteiger charge is -2.04. The second kappa shape index (κ2) is 3.99. The summed E-state index contributed by atoms with van der Waals surface area (Å²) in [7, 11) is 0. The summed E-state index contributed by atoms with van der Waals surface area (Å²) in [6, 6.07) is 5.81. The van der Waals surface area contributed by atoms with Crippen molar-refractivity contribution >= 4 is 15.9 Å². The molecule has 0 aromatic heterocycles. The van der Waals surface area contributed by atoms with E-state index < -0.39 is 0 Å². The number of benzene rings is 1. The Morgan fingerprint density at radius 1 is 1.57 bits per heavy atom. The van der Waals surface area contributed by atoms with Gasteiger partial charge in [-0.3, -0.25) is 0 Å². The first-order valence-corrected chi connectivity index (χ1v) is 5.63. The van der Waals surface area contributed by atoms with Crippen LogP contribution in [0.1, 0.15) is 18.9 Å². The summed E-state index contributed by atoms with van der Waals surface area (Å²) in [6.07, 6.45) is 1.27. The first-order valence-electron chi connectivity index (χ1n) is 4.84. The molecule has 0 bridgehead atoms. The first-order chi connectivity index (χ1) is 6.66. The Balaban J connectivity index is 1.92. The molecule has 2 rings (SSSR count). The monoisotopic (exact) mass is 257 g/mol. The van der Waals surface area contributed by atoms with Crippen molar-refractivity contribution in [2.75, 3.05) is 0 Å². The van der Waals surface area contributed by atoms with Gasteiger partial charge < -0.3 is 5.32 Å². The molecule has 1 N–H and O–H groups in total. The molecule has 1 aromatic rings. The van der Waals surface area contributed by atoms with Crippen molar-refractivity contribution in [3.8, 4) is 0 Å². The van der Waals surface area contributed by atoms with Gasteiger partial charge in [-0.25, -0.2) is 4.39 Å². The van der Waals surface area contributed by atoms with Crippen LogP contribution in [-0.4, -0.2) is 6.04 Å². The summed E-state index contributed by atoms with van der Waals surface area (Å²) in [5, 5.41) is 3.43. The molecule has 2 atom stereocenters. The van der Waals surface area contributed by atoms with E-state index in [0.717, 1.165) is 18.0 Å². The number of hydrogen-bond donors (Lipinski definition) is 1. The quantitative estimate of drug-likeness (QED) is 0.878. The molecule has 0 amide bonds. The van der Waals surface area contributed by atoms with Crippen LogP contribution in [0.25, 0.3) is 0 Å². The molecular weight excluding hydrogens is 245 g/mol. The van der Waals surface area contributed by atoms with E-state index in [1.54, 1.807) is 0 Å². The van der Waals surface area contributed by atoms with Crippen molar-refractivity contribution in [2.45, 2.75) is 25.9 Å². The standard InChI is InChI=1S/C11H13BrFN/c1-7-4-11(7)14-6-8-2-3-10(13)9(12)5-8/h2-3,5,7,11,14H,4,6H2,1H3/t7-,11-/m1/s1. The van der Waals surface area contributed by atoms with E-state index in [-0.39, 0.29) is 5.82 Å². The number of hydrogen-bond acceptors (Lipinski definition) is 1. The van der Waals surface area contributed by atoms with E-state index in [1.807, 2.05) is 12.1 Å². The molecule has 3 heteroatoms. The first kappa shape index (κ1) is 10.1. The van der Waals surface area contributed by atoms with Crippen molar-refractivity contribution in [1.82, 2.24) is 5.32 Å². The third-order valence-electron chi connectivity index (χ3n) is 2.66. The Kier molecular flexibility index (Phi) is 2.88. The maximum Gasteiger partial charge on any atom is 0.137 e. The molecule has 1 fully saturated rings. The van der Waals surface area contributed by atoms with Crippen LogP contribution in [-0.2, 0) is 6.54 Å². The van der Waals surface area contributed by atoms with Crippen LogP contribution in [0.4, 0.5) is 4.39 Å². The van der Waals surface area contributed by atoms with Crippen LogP contribution < -0.4 is 5.32 Å². The van der Waals surface area contributed by atoms with Crippen LogP contribution in [0.2, 0.25) is 0 Å². The molecule has 1 saturated carbocycles. The third-order valence-corrected chi connectivity index (χ3v) is 3.27. The molecule has 76 valence electrons. The minimum Gasteiger partial charge on any atom is -0.310 e. The molecule has 0 unspecified atom stereocenters. The van der Waals surface area contributed by atoms with Crippen molar-refractivity contribution < 1.29 is 4.39 Å². The van der Waals surface area contributed by atoms with Gasteiger partial charge >= 0.3 is 0 Å². The average Bonchev–Trinajstić information content (AvgIpc) is 2.85. The van der Waals surface area contributed by atoms with Crippen molar-refractivity contribution in [1.29, 1.82) is 0 Å². The van der Waals surface area contributed by atoms with E-state index in [2.05, 4.69) is 28.2 Å². The zero-order valence-electron chi connectivity index (χ0n) is 8.06. The zero-order chi connectivity index (χ0) is 10.1.